The van der Waals surface area contributed by atoms with Gasteiger partial charge in [0, 0.05) is 29.8 Å². The summed E-state index contributed by atoms with van der Waals surface area (Å²) < 4.78 is 16.1. The number of ether oxygens (including phenoxy) is 2. The van der Waals surface area contributed by atoms with E-state index in [0.29, 0.717) is 24.4 Å². The van der Waals surface area contributed by atoms with Gasteiger partial charge in [-0.05, 0) is 42.7 Å². The molecule has 1 aliphatic rings. The molecule has 2 heterocycles. The summed E-state index contributed by atoms with van der Waals surface area (Å²) in [5, 5.41) is 9.57. The molecule has 0 aliphatic carbocycles. The number of aromatic nitrogens is 1. The zero-order chi connectivity index (χ0) is 17.1. The van der Waals surface area contributed by atoms with Gasteiger partial charge in [0.25, 0.3) is 0 Å². The molecule has 1 aliphatic heterocycles. The van der Waals surface area contributed by atoms with Crippen molar-refractivity contribution in [2.45, 2.75) is 20.2 Å². The number of methoxy groups -OCH3 is 1. The highest BCUT2D eigenvalue weighted by Crippen LogP contribution is 2.36. The van der Waals surface area contributed by atoms with Crippen LogP contribution in [0.2, 0.25) is 6.32 Å². The summed E-state index contributed by atoms with van der Waals surface area (Å²) >= 11 is 0. The third-order valence-corrected chi connectivity index (χ3v) is 4.10. The zero-order valence-electron chi connectivity index (χ0n) is 14.1. The third-order valence-electron chi connectivity index (χ3n) is 4.10. The second kappa shape index (κ2) is 6.97. The Labute approximate surface area is 142 Å². The predicted octanol–water partition coefficient (Wildman–Crippen LogP) is 3.32. The lowest BCUT2D eigenvalue weighted by Gasteiger charge is -2.14. The molecule has 0 amide bonds. The van der Waals surface area contributed by atoms with Gasteiger partial charge >= 0.3 is 7.12 Å². The highest BCUT2D eigenvalue weighted by atomic mass is 16.5. The third kappa shape index (κ3) is 3.10. The van der Waals surface area contributed by atoms with Crippen molar-refractivity contribution in [2.75, 3.05) is 13.7 Å². The van der Waals surface area contributed by atoms with E-state index in [0.717, 1.165) is 27.8 Å². The van der Waals surface area contributed by atoms with Crippen LogP contribution in [0.15, 0.2) is 36.9 Å². The predicted molar refractivity (Wildman–Crippen MR) is 94.0 cm³/mol. The molecule has 0 unspecified atom stereocenters. The Balaban J connectivity index is 2.02. The van der Waals surface area contributed by atoms with Crippen LogP contribution in [-0.2, 0) is 4.65 Å². The zero-order valence-corrected chi connectivity index (χ0v) is 14.1. The van der Waals surface area contributed by atoms with Crippen molar-refractivity contribution < 1.29 is 19.2 Å². The van der Waals surface area contributed by atoms with Crippen LogP contribution in [0.5, 0.6) is 11.5 Å². The summed E-state index contributed by atoms with van der Waals surface area (Å²) in [5.74, 6) is 1.42. The van der Waals surface area contributed by atoms with E-state index >= 15 is 0 Å². The van der Waals surface area contributed by atoms with Gasteiger partial charge in [0.2, 0.25) is 0 Å². The summed E-state index contributed by atoms with van der Waals surface area (Å²) in [4.78, 5) is 4.36. The molecule has 3 rings (SSSR count). The molecule has 0 saturated carbocycles. The lowest BCUT2D eigenvalue weighted by molar-refractivity contribution is 0.311. The van der Waals surface area contributed by atoms with Gasteiger partial charge in [-0.3, -0.25) is 4.98 Å². The van der Waals surface area contributed by atoms with Crippen molar-refractivity contribution in [3.63, 3.8) is 0 Å². The van der Waals surface area contributed by atoms with E-state index in [1.807, 2.05) is 38.2 Å². The van der Waals surface area contributed by atoms with Gasteiger partial charge < -0.3 is 19.2 Å². The molecule has 1 N–H and O–H groups in total. The second-order valence-electron chi connectivity index (χ2n) is 5.60. The van der Waals surface area contributed by atoms with Crippen molar-refractivity contribution in [1.82, 2.24) is 4.98 Å². The number of hydrogen-bond acceptors (Lipinski definition) is 5. The highest BCUT2D eigenvalue weighted by Gasteiger charge is 2.25. The Morgan fingerprint density at radius 2 is 2.04 bits per heavy atom. The van der Waals surface area contributed by atoms with E-state index in [-0.39, 0.29) is 0 Å². The molecular weight excluding hydrogens is 305 g/mol. The van der Waals surface area contributed by atoms with Crippen LogP contribution in [0.1, 0.15) is 18.1 Å². The van der Waals surface area contributed by atoms with Gasteiger partial charge in [-0.1, -0.05) is 6.07 Å². The number of allylic oxidation sites excluding steroid dienone is 1. The molecule has 1 aromatic heterocycles. The SMILES string of the molecule is CCOc1cc(-c2cncc(C3=COB(O)C3)c2C)ccc1OC. The second-order valence-corrected chi connectivity index (χ2v) is 5.60. The largest absolute Gasteiger partial charge is 0.542 e. The molecule has 0 spiro atoms. The minimum Gasteiger partial charge on any atom is -0.542 e. The van der Waals surface area contributed by atoms with Gasteiger partial charge in [0.1, 0.15) is 0 Å². The summed E-state index contributed by atoms with van der Waals surface area (Å²) in [7, 11) is 0.858. The molecule has 5 nitrogen and oxygen atoms in total. The Morgan fingerprint density at radius 1 is 1.25 bits per heavy atom. The number of nitrogens with zero attached hydrogens (tertiary/aromatic N) is 1. The summed E-state index contributed by atoms with van der Waals surface area (Å²) in [6.45, 7) is 4.55. The smallest absolute Gasteiger partial charge is 0.526 e. The van der Waals surface area contributed by atoms with Crippen molar-refractivity contribution in [3.8, 4) is 22.6 Å². The maximum atomic E-state index is 9.57. The maximum Gasteiger partial charge on any atom is 0.526 e. The number of hydrogen-bond donors (Lipinski definition) is 1. The van der Waals surface area contributed by atoms with E-state index < -0.39 is 7.12 Å². The quantitative estimate of drug-likeness (QED) is 0.855. The molecule has 0 atom stereocenters. The molecule has 0 saturated heterocycles. The summed E-state index contributed by atoms with van der Waals surface area (Å²) in [6, 6.07) is 5.85. The molecule has 6 heteroatoms. The van der Waals surface area contributed by atoms with Gasteiger partial charge in [-0.15, -0.1) is 0 Å². The van der Waals surface area contributed by atoms with Gasteiger partial charge in [0.15, 0.2) is 11.5 Å². The average molecular weight is 325 g/mol. The van der Waals surface area contributed by atoms with Crippen molar-refractivity contribution in [3.05, 3.63) is 48.0 Å². The molecule has 0 bridgehead atoms. The molecule has 0 fully saturated rings. The molecule has 0 radical (unpaired) electrons. The van der Waals surface area contributed by atoms with E-state index in [9.17, 15) is 5.02 Å². The lowest BCUT2D eigenvalue weighted by atomic mass is 9.81. The Morgan fingerprint density at radius 3 is 2.71 bits per heavy atom. The summed E-state index contributed by atoms with van der Waals surface area (Å²) in [5.41, 5.74) is 5.04. The van der Waals surface area contributed by atoms with Crippen molar-refractivity contribution in [1.29, 1.82) is 0 Å². The monoisotopic (exact) mass is 325 g/mol. The molecular formula is C18H20BNO4. The Bertz CT molecular complexity index is 776. The molecule has 1 aromatic carbocycles. The fourth-order valence-corrected chi connectivity index (χ4v) is 2.87. The normalized spacial score (nSPS) is 13.5. The Kier molecular flexibility index (Phi) is 4.76. The van der Waals surface area contributed by atoms with Gasteiger partial charge in [0.05, 0.1) is 20.0 Å². The standard InChI is InChI=1S/C18H20BNO4/c1-4-23-18-7-13(5-6-17(18)22-3)15-9-20-10-16(12(15)2)14-8-19(21)24-11-14/h5-7,9-11,21H,4,8H2,1-3H3. The van der Waals surface area contributed by atoms with Crippen molar-refractivity contribution >= 4 is 12.7 Å². The van der Waals surface area contributed by atoms with Crippen molar-refractivity contribution in [2.24, 2.45) is 0 Å². The first-order valence-electron chi connectivity index (χ1n) is 7.92. The van der Waals surface area contributed by atoms with Gasteiger partial charge in [-0.2, -0.15) is 0 Å². The van der Waals surface area contributed by atoms with Gasteiger partial charge in [-0.25, -0.2) is 0 Å². The molecule has 24 heavy (non-hydrogen) atoms. The van der Waals surface area contributed by atoms with Crippen LogP contribution >= 0.6 is 0 Å². The van der Waals surface area contributed by atoms with Crippen LogP contribution < -0.4 is 9.47 Å². The first-order valence-corrected chi connectivity index (χ1v) is 7.92. The fraction of sp³-hybridized carbons (Fsp3) is 0.278. The molecule has 124 valence electrons. The van der Waals surface area contributed by atoms with E-state index in [1.54, 1.807) is 19.6 Å². The average Bonchev–Trinajstić information content (AvgIpc) is 3.01. The highest BCUT2D eigenvalue weighted by molar-refractivity contribution is 6.47. The maximum absolute atomic E-state index is 9.57. The van der Waals surface area contributed by atoms with E-state index in [2.05, 4.69) is 4.98 Å². The minimum atomic E-state index is -0.770. The van der Waals surface area contributed by atoms with Crippen LogP contribution in [0.4, 0.5) is 0 Å². The molecule has 2 aromatic rings. The number of benzene rings is 1. The number of rotatable bonds is 5. The van der Waals surface area contributed by atoms with E-state index in [1.165, 1.54) is 0 Å². The van der Waals surface area contributed by atoms with Crippen LogP contribution in [-0.4, -0.2) is 30.8 Å². The first-order chi connectivity index (χ1) is 11.6. The first kappa shape index (κ1) is 16.4. The van der Waals surface area contributed by atoms with Crippen LogP contribution in [0.3, 0.4) is 0 Å². The summed E-state index contributed by atoms with van der Waals surface area (Å²) in [6.07, 6.45) is 5.72. The van der Waals surface area contributed by atoms with E-state index in [4.69, 9.17) is 14.1 Å². The fourth-order valence-electron chi connectivity index (χ4n) is 2.87. The Hall–Kier alpha value is -2.47. The lowest BCUT2D eigenvalue weighted by Crippen LogP contribution is -2.08. The van der Waals surface area contributed by atoms with Crippen LogP contribution in [0.25, 0.3) is 16.7 Å². The topological polar surface area (TPSA) is 60.8 Å². The minimum absolute atomic E-state index is 0.471. The van der Waals surface area contributed by atoms with Crippen LogP contribution in [0, 0.1) is 6.92 Å². The number of pyridine rings is 1.